The molecule has 0 atom stereocenters. The number of amides is 1. The van der Waals surface area contributed by atoms with Crippen LogP contribution in [0.3, 0.4) is 0 Å². The first kappa shape index (κ1) is 15.1. The van der Waals surface area contributed by atoms with Crippen molar-refractivity contribution in [1.82, 2.24) is 25.4 Å². The molecule has 1 aromatic heterocycles. The Morgan fingerprint density at radius 3 is 2.46 bits per heavy atom. The molecule has 2 N–H and O–H groups in total. The highest BCUT2D eigenvalue weighted by Gasteiger charge is 2.46. The van der Waals surface area contributed by atoms with Crippen LogP contribution in [0, 0.1) is 5.41 Å². The number of rotatable bonds is 4. The summed E-state index contributed by atoms with van der Waals surface area (Å²) in [7, 11) is 0. The first-order valence-corrected chi connectivity index (χ1v) is 8.41. The van der Waals surface area contributed by atoms with E-state index in [0.717, 1.165) is 51.6 Å². The van der Waals surface area contributed by atoms with Crippen LogP contribution in [0.4, 0.5) is 5.95 Å². The van der Waals surface area contributed by atoms with Crippen molar-refractivity contribution in [3.63, 3.8) is 0 Å². The van der Waals surface area contributed by atoms with Crippen molar-refractivity contribution in [3.05, 3.63) is 42.2 Å². The third-order valence-corrected chi connectivity index (χ3v) is 5.03. The molecule has 24 heavy (non-hydrogen) atoms. The van der Waals surface area contributed by atoms with Gasteiger partial charge in [-0.3, -0.25) is 4.79 Å². The highest BCUT2D eigenvalue weighted by atomic mass is 16.2. The van der Waals surface area contributed by atoms with E-state index in [4.69, 9.17) is 0 Å². The average molecular weight is 326 g/mol. The average Bonchev–Trinajstić information content (AvgIpc) is 3.13. The maximum absolute atomic E-state index is 13.1. The molecule has 7 nitrogen and oxygen atoms in total. The SMILES string of the molecule is O=C(N1CCN(c2ncn[nH]2)CC1)C1(Cc2ccccc2)CNC1. The van der Waals surface area contributed by atoms with E-state index >= 15 is 0 Å². The molecule has 0 aliphatic carbocycles. The molecule has 2 aromatic rings. The second-order valence-corrected chi connectivity index (χ2v) is 6.63. The summed E-state index contributed by atoms with van der Waals surface area (Å²) in [6.45, 7) is 4.57. The second-order valence-electron chi connectivity index (χ2n) is 6.63. The van der Waals surface area contributed by atoms with Gasteiger partial charge in [0.1, 0.15) is 6.33 Å². The van der Waals surface area contributed by atoms with E-state index in [9.17, 15) is 4.79 Å². The van der Waals surface area contributed by atoms with E-state index in [0.29, 0.717) is 0 Å². The van der Waals surface area contributed by atoms with E-state index in [-0.39, 0.29) is 11.3 Å². The van der Waals surface area contributed by atoms with Crippen LogP contribution in [0.15, 0.2) is 36.7 Å². The predicted molar refractivity (Wildman–Crippen MR) is 90.6 cm³/mol. The fourth-order valence-electron chi connectivity index (χ4n) is 3.57. The summed E-state index contributed by atoms with van der Waals surface area (Å²) in [4.78, 5) is 21.5. The molecule has 0 spiro atoms. The van der Waals surface area contributed by atoms with Crippen molar-refractivity contribution < 1.29 is 4.79 Å². The van der Waals surface area contributed by atoms with Gasteiger partial charge in [-0.05, 0) is 12.0 Å². The molecule has 7 heteroatoms. The molecule has 0 saturated carbocycles. The zero-order valence-electron chi connectivity index (χ0n) is 13.6. The largest absolute Gasteiger partial charge is 0.339 e. The van der Waals surface area contributed by atoms with Gasteiger partial charge in [-0.1, -0.05) is 30.3 Å². The number of H-pyrrole nitrogens is 1. The van der Waals surface area contributed by atoms with Gasteiger partial charge in [0, 0.05) is 39.3 Å². The van der Waals surface area contributed by atoms with Crippen molar-refractivity contribution in [2.24, 2.45) is 5.41 Å². The van der Waals surface area contributed by atoms with E-state index in [1.54, 1.807) is 0 Å². The lowest BCUT2D eigenvalue weighted by molar-refractivity contribution is -0.145. The van der Waals surface area contributed by atoms with Gasteiger partial charge in [-0.25, -0.2) is 5.10 Å². The number of piperazine rings is 1. The van der Waals surface area contributed by atoms with Crippen molar-refractivity contribution in [1.29, 1.82) is 0 Å². The molecule has 126 valence electrons. The fraction of sp³-hybridized carbons (Fsp3) is 0.471. The number of carbonyl (C=O) groups is 1. The zero-order chi connectivity index (χ0) is 16.4. The van der Waals surface area contributed by atoms with E-state index in [1.165, 1.54) is 11.9 Å². The Balaban J connectivity index is 1.41. The highest BCUT2D eigenvalue weighted by molar-refractivity contribution is 5.85. The number of aromatic amines is 1. The summed E-state index contributed by atoms with van der Waals surface area (Å²) >= 11 is 0. The summed E-state index contributed by atoms with van der Waals surface area (Å²) < 4.78 is 0. The lowest BCUT2D eigenvalue weighted by atomic mass is 9.75. The molecule has 1 amide bonds. The predicted octanol–water partition coefficient (Wildman–Crippen LogP) is 0.286. The molecule has 2 aliphatic heterocycles. The van der Waals surface area contributed by atoms with Gasteiger partial charge in [-0.15, -0.1) is 0 Å². The Morgan fingerprint density at radius 1 is 1.12 bits per heavy atom. The second kappa shape index (κ2) is 6.24. The Bertz CT molecular complexity index is 674. The van der Waals surface area contributed by atoms with Gasteiger partial charge in [0.2, 0.25) is 11.9 Å². The van der Waals surface area contributed by atoms with Crippen LogP contribution in [0.25, 0.3) is 0 Å². The lowest BCUT2D eigenvalue weighted by Gasteiger charge is -2.46. The van der Waals surface area contributed by atoms with Crippen LogP contribution in [-0.4, -0.2) is 65.3 Å². The zero-order valence-corrected chi connectivity index (χ0v) is 13.6. The molecule has 0 bridgehead atoms. The van der Waals surface area contributed by atoms with Crippen LogP contribution in [-0.2, 0) is 11.2 Å². The summed E-state index contributed by atoms with van der Waals surface area (Å²) in [5.41, 5.74) is 0.947. The Kier molecular flexibility index (Phi) is 3.93. The minimum Gasteiger partial charge on any atom is -0.339 e. The molecule has 1 aromatic carbocycles. The molecule has 2 fully saturated rings. The van der Waals surface area contributed by atoms with Gasteiger partial charge in [0.15, 0.2) is 0 Å². The van der Waals surface area contributed by atoms with Gasteiger partial charge in [-0.2, -0.15) is 10.1 Å². The number of nitrogens with one attached hydrogen (secondary N) is 2. The van der Waals surface area contributed by atoms with Crippen molar-refractivity contribution in [2.75, 3.05) is 44.2 Å². The Labute approximate surface area is 141 Å². The van der Waals surface area contributed by atoms with Gasteiger partial charge < -0.3 is 15.1 Å². The number of aromatic nitrogens is 3. The molecule has 3 heterocycles. The molecule has 2 aliphatic rings. The standard InChI is InChI=1S/C17H22N6O/c24-15(17(11-18-12-17)10-14-4-2-1-3-5-14)22-6-8-23(9-7-22)16-19-13-20-21-16/h1-5,13,18H,6-12H2,(H,19,20,21). The van der Waals surface area contributed by atoms with Crippen molar-refractivity contribution in [2.45, 2.75) is 6.42 Å². The van der Waals surface area contributed by atoms with Crippen LogP contribution in [0.2, 0.25) is 0 Å². The molecule has 0 radical (unpaired) electrons. The summed E-state index contributed by atoms with van der Waals surface area (Å²) in [5, 5.41) is 10.1. The molecule has 4 rings (SSSR count). The van der Waals surface area contributed by atoms with Crippen LogP contribution in [0.1, 0.15) is 5.56 Å². The first-order chi connectivity index (χ1) is 11.8. The van der Waals surface area contributed by atoms with E-state index < -0.39 is 0 Å². The minimum atomic E-state index is -0.282. The lowest BCUT2D eigenvalue weighted by Crippen LogP contribution is -2.65. The van der Waals surface area contributed by atoms with Crippen molar-refractivity contribution in [3.8, 4) is 0 Å². The fourth-order valence-corrected chi connectivity index (χ4v) is 3.57. The summed E-state index contributed by atoms with van der Waals surface area (Å²) in [6, 6.07) is 10.3. The Hall–Kier alpha value is -2.41. The van der Waals surface area contributed by atoms with Gasteiger partial charge in [0.25, 0.3) is 0 Å². The highest BCUT2D eigenvalue weighted by Crippen LogP contribution is 2.31. The number of benzene rings is 1. The topological polar surface area (TPSA) is 77.2 Å². The minimum absolute atomic E-state index is 0.280. The van der Waals surface area contributed by atoms with E-state index in [2.05, 4.69) is 37.5 Å². The molecule has 2 saturated heterocycles. The number of hydrogen-bond donors (Lipinski definition) is 2. The normalized spacial score (nSPS) is 19.8. The third-order valence-electron chi connectivity index (χ3n) is 5.03. The van der Waals surface area contributed by atoms with Crippen molar-refractivity contribution >= 4 is 11.9 Å². The Morgan fingerprint density at radius 2 is 1.88 bits per heavy atom. The monoisotopic (exact) mass is 326 g/mol. The van der Waals surface area contributed by atoms with E-state index in [1.807, 2.05) is 23.1 Å². The van der Waals surface area contributed by atoms with Crippen LogP contribution >= 0.6 is 0 Å². The maximum atomic E-state index is 13.1. The number of carbonyl (C=O) groups excluding carboxylic acids is 1. The molecule has 0 unspecified atom stereocenters. The number of nitrogens with zero attached hydrogens (tertiary/aromatic N) is 4. The third kappa shape index (κ3) is 2.75. The molecular weight excluding hydrogens is 304 g/mol. The van der Waals surface area contributed by atoms with Gasteiger partial charge >= 0.3 is 0 Å². The van der Waals surface area contributed by atoms with Gasteiger partial charge in [0.05, 0.1) is 5.41 Å². The summed E-state index contributed by atoms with van der Waals surface area (Å²) in [5.74, 6) is 1.06. The first-order valence-electron chi connectivity index (χ1n) is 8.41. The quantitative estimate of drug-likeness (QED) is 0.844. The summed E-state index contributed by atoms with van der Waals surface area (Å²) in [6.07, 6.45) is 2.32. The maximum Gasteiger partial charge on any atom is 0.231 e. The number of anilines is 1. The smallest absolute Gasteiger partial charge is 0.231 e. The van der Waals surface area contributed by atoms with Crippen LogP contribution < -0.4 is 10.2 Å². The van der Waals surface area contributed by atoms with Crippen LogP contribution in [0.5, 0.6) is 0 Å². The number of hydrogen-bond acceptors (Lipinski definition) is 5. The molecular formula is C17H22N6O.